The van der Waals surface area contributed by atoms with Crippen LogP contribution in [0.4, 0.5) is 4.79 Å². The van der Waals surface area contributed by atoms with Crippen LogP contribution < -0.4 is 24.8 Å². The molecule has 4 aliphatic rings. The molecular weight excluding hydrogens is 727 g/mol. The fourth-order valence-corrected chi connectivity index (χ4v) is 9.07. The van der Waals surface area contributed by atoms with Gasteiger partial charge >= 0.3 is 6.09 Å². The average molecular weight is 782 g/mol. The van der Waals surface area contributed by atoms with E-state index >= 15 is 0 Å². The quantitative estimate of drug-likeness (QED) is 0.316. The summed E-state index contributed by atoms with van der Waals surface area (Å²) in [5.41, 5.74) is -2.35. The molecule has 0 spiro atoms. The number of rotatable bonds is 8. The molecule has 3 fully saturated rings. The summed E-state index contributed by atoms with van der Waals surface area (Å²) < 4.78 is 45.1. The lowest BCUT2D eigenvalue weighted by atomic mass is 9.85. The van der Waals surface area contributed by atoms with Crippen molar-refractivity contribution in [3.63, 3.8) is 0 Å². The van der Waals surface area contributed by atoms with Crippen LogP contribution in [0.5, 0.6) is 11.6 Å². The maximum atomic E-state index is 14.9. The van der Waals surface area contributed by atoms with Crippen LogP contribution in [0.2, 0.25) is 0 Å². The molecular formula is C40H55N5O9S. The van der Waals surface area contributed by atoms with E-state index in [1.54, 1.807) is 47.1 Å². The summed E-state index contributed by atoms with van der Waals surface area (Å²) in [7, 11) is -2.42. The van der Waals surface area contributed by atoms with Crippen LogP contribution in [-0.4, -0.2) is 89.8 Å². The van der Waals surface area contributed by atoms with Crippen molar-refractivity contribution >= 4 is 44.6 Å². The van der Waals surface area contributed by atoms with Crippen molar-refractivity contribution < 1.29 is 41.8 Å². The highest BCUT2D eigenvalue weighted by atomic mass is 32.2. The SMILES string of the molecule is CCC1CC(C)CCC=CC2CC2(C(=O)NS(=O)(=O)C2(C)CC2)NC(=O)C2CC(Oc3nccc4cc(OC)ccc34)CN2C(=O)C1NC(=O)OC(C)(C)C. The number of hydrogen-bond acceptors (Lipinski definition) is 10. The fraction of sp³-hybridized carbons (Fsp3) is 0.625. The number of allylic oxidation sites excluding steroid dienone is 1. The molecule has 2 aliphatic carbocycles. The van der Waals surface area contributed by atoms with Gasteiger partial charge in [0, 0.05) is 23.9 Å². The number of ether oxygens (including phenoxy) is 3. The Balaban J connectivity index is 1.36. The topological polar surface area (TPSA) is 182 Å². The van der Waals surface area contributed by atoms with E-state index in [9.17, 15) is 27.6 Å². The number of benzene rings is 1. The van der Waals surface area contributed by atoms with Crippen LogP contribution in [0, 0.1) is 17.8 Å². The lowest BCUT2D eigenvalue weighted by Crippen LogP contribution is -2.59. The Labute approximate surface area is 323 Å². The summed E-state index contributed by atoms with van der Waals surface area (Å²) in [5.74, 6) is -1.50. The van der Waals surface area contributed by atoms with Crippen molar-refractivity contribution in [2.24, 2.45) is 17.8 Å². The smallest absolute Gasteiger partial charge is 0.408 e. The van der Waals surface area contributed by atoms with Gasteiger partial charge in [-0.05, 0) is 108 Å². The molecule has 2 aromatic rings. The summed E-state index contributed by atoms with van der Waals surface area (Å²) in [6.45, 7) is 10.9. The van der Waals surface area contributed by atoms with Crippen LogP contribution in [-0.2, 0) is 29.1 Å². The van der Waals surface area contributed by atoms with Crippen LogP contribution in [0.1, 0.15) is 92.9 Å². The van der Waals surface area contributed by atoms with Gasteiger partial charge in [0.1, 0.15) is 35.1 Å². The third kappa shape index (κ3) is 8.71. The van der Waals surface area contributed by atoms with Crippen LogP contribution in [0.15, 0.2) is 42.6 Å². The van der Waals surface area contributed by atoms with Gasteiger partial charge in [0.25, 0.3) is 5.91 Å². The Hall–Kier alpha value is -4.40. The number of carbonyl (C=O) groups is 4. The Kier molecular flexibility index (Phi) is 11.2. The molecule has 1 aromatic heterocycles. The van der Waals surface area contributed by atoms with Gasteiger partial charge in [-0.3, -0.25) is 19.1 Å². The maximum absolute atomic E-state index is 14.9. The molecule has 15 heteroatoms. The zero-order valence-corrected chi connectivity index (χ0v) is 33.7. The van der Waals surface area contributed by atoms with E-state index in [2.05, 4.69) is 27.3 Å². The van der Waals surface area contributed by atoms with E-state index < -0.39 is 73.8 Å². The number of sulfonamides is 1. The van der Waals surface area contributed by atoms with Gasteiger partial charge in [-0.25, -0.2) is 18.2 Å². The summed E-state index contributed by atoms with van der Waals surface area (Å²) in [4.78, 5) is 62.6. The van der Waals surface area contributed by atoms with Crippen molar-refractivity contribution in [2.75, 3.05) is 13.7 Å². The number of fused-ring (bicyclic) bond motifs is 3. The van der Waals surface area contributed by atoms with Crippen molar-refractivity contribution in [3.05, 3.63) is 42.6 Å². The molecule has 2 aliphatic heterocycles. The molecule has 0 radical (unpaired) electrons. The Morgan fingerprint density at radius 1 is 1.13 bits per heavy atom. The largest absolute Gasteiger partial charge is 0.497 e. The Morgan fingerprint density at radius 3 is 2.55 bits per heavy atom. The van der Waals surface area contributed by atoms with Crippen molar-refractivity contribution in [3.8, 4) is 11.6 Å². The number of amides is 4. The molecule has 7 atom stereocenters. The fourth-order valence-electron chi connectivity index (χ4n) is 7.76. The molecule has 3 N–H and O–H groups in total. The van der Waals surface area contributed by atoms with E-state index in [0.29, 0.717) is 49.1 Å². The lowest BCUT2D eigenvalue weighted by molar-refractivity contribution is -0.142. The third-order valence-corrected chi connectivity index (χ3v) is 13.7. The first-order valence-corrected chi connectivity index (χ1v) is 20.8. The number of carbonyl (C=O) groups excluding carboxylic acids is 4. The number of nitrogens with one attached hydrogen (secondary N) is 3. The van der Waals surface area contributed by atoms with Gasteiger partial charge in [0.2, 0.25) is 27.7 Å². The summed E-state index contributed by atoms with van der Waals surface area (Å²) in [6, 6.07) is 5.15. The predicted octanol–water partition coefficient (Wildman–Crippen LogP) is 4.76. The second kappa shape index (κ2) is 15.3. The van der Waals surface area contributed by atoms with E-state index in [4.69, 9.17) is 14.2 Å². The predicted molar refractivity (Wildman–Crippen MR) is 206 cm³/mol. The van der Waals surface area contributed by atoms with Gasteiger partial charge in [-0.2, -0.15) is 0 Å². The van der Waals surface area contributed by atoms with Gasteiger partial charge < -0.3 is 29.7 Å². The highest BCUT2D eigenvalue weighted by Gasteiger charge is 2.63. The van der Waals surface area contributed by atoms with Gasteiger partial charge in [0.05, 0.1) is 18.4 Å². The number of aromatic nitrogens is 1. The first kappa shape index (κ1) is 40.3. The lowest BCUT2D eigenvalue weighted by Gasteiger charge is -2.34. The first-order chi connectivity index (χ1) is 25.9. The zero-order chi connectivity index (χ0) is 39.9. The number of hydrogen-bond donors (Lipinski definition) is 3. The molecule has 2 saturated carbocycles. The highest BCUT2D eigenvalue weighted by Crippen LogP contribution is 2.47. The van der Waals surface area contributed by atoms with E-state index in [1.807, 2.05) is 37.3 Å². The van der Waals surface area contributed by atoms with Crippen molar-refractivity contribution in [1.82, 2.24) is 25.2 Å². The minimum Gasteiger partial charge on any atom is -0.497 e. The minimum atomic E-state index is -4.00. The van der Waals surface area contributed by atoms with Crippen LogP contribution in [0.3, 0.4) is 0 Å². The Bertz CT molecular complexity index is 1960. The first-order valence-electron chi connectivity index (χ1n) is 19.3. The number of alkyl carbamates (subject to hydrolysis) is 1. The average Bonchev–Trinajstić information content (AvgIpc) is 4.00. The van der Waals surface area contributed by atoms with Crippen molar-refractivity contribution in [2.45, 2.75) is 127 Å². The monoisotopic (exact) mass is 781 g/mol. The summed E-state index contributed by atoms with van der Waals surface area (Å²) in [5, 5.41) is 7.31. The standard InChI is InChI=1S/C40H55N5O9S/c1-8-25-19-24(2)11-9-10-12-27-22-40(27,36(48)44-55(50,51)39(6)16-17-39)43-33(46)31-21-29(23-45(31)35(47)32(25)42-37(49)54-38(3,4)5)53-34-30-14-13-28(52-7)20-26(30)15-18-41-34/h10,12-15,18,20,24-25,27,29,31-32H,8-9,11,16-17,19,21-23H2,1-7H3,(H,42,49)(H,43,46)(H,44,48). The molecule has 0 bridgehead atoms. The highest BCUT2D eigenvalue weighted by molar-refractivity contribution is 7.91. The van der Waals surface area contributed by atoms with E-state index in [1.165, 1.54) is 4.90 Å². The molecule has 6 rings (SSSR count). The molecule has 300 valence electrons. The summed E-state index contributed by atoms with van der Waals surface area (Å²) >= 11 is 0. The third-order valence-electron chi connectivity index (χ3n) is 11.5. The van der Waals surface area contributed by atoms with Gasteiger partial charge in [-0.15, -0.1) is 0 Å². The second-order valence-electron chi connectivity index (χ2n) is 17.0. The molecule has 14 nitrogen and oxygen atoms in total. The number of nitrogens with zero attached hydrogens (tertiary/aromatic N) is 2. The van der Waals surface area contributed by atoms with Gasteiger partial charge in [0.15, 0.2) is 0 Å². The number of pyridine rings is 1. The number of methoxy groups -OCH3 is 1. The molecule has 1 aromatic carbocycles. The maximum Gasteiger partial charge on any atom is 0.408 e. The summed E-state index contributed by atoms with van der Waals surface area (Å²) in [6.07, 6.45) is 7.78. The zero-order valence-electron chi connectivity index (χ0n) is 32.8. The second-order valence-corrected chi connectivity index (χ2v) is 19.2. The molecule has 4 amide bonds. The van der Waals surface area contributed by atoms with Gasteiger partial charge in [-0.1, -0.05) is 32.4 Å². The normalized spacial score (nSPS) is 29.5. The van der Waals surface area contributed by atoms with Crippen molar-refractivity contribution in [1.29, 1.82) is 0 Å². The van der Waals surface area contributed by atoms with E-state index in [-0.39, 0.29) is 31.2 Å². The molecule has 1 saturated heterocycles. The van der Waals surface area contributed by atoms with Crippen LogP contribution in [0.25, 0.3) is 10.8 Å². The molecule has 55 heavy (non-hydrogen) atoms. The van der Waals surface area contributed by atoms with E-state index in [0.717, 1.165) is 11.8 Å². The Morgan fingerprint density at radius 2 is 1.87 bits per heavy atom. The molecule has 7 unspecified atom stereocenters. The minimum absolute atomic E-state index is 0.0150. The van der Waals surface area contributed by atoms with Crippen LogP contribution >= 0.6 is 0 Å². The molecule has 3 heterocycles.